The molecule has 0 unspecified atom stereocenters. The third-order valence-corrected chi connectivity index (χ3v) is 4.06. The maximum atomic E-state index is 13.3. The van der Waals surface area contributed by atoms with Crippen molar-refractivity contribution in [3.63, 3.8) is 0 Å². The van der Waals surface area contributed by atoms with Crippen LogP contribution in [0.1, 0.15) is 0 Å². The fourth-order valence-electron chi connectivity index (χ4n) is 2.92. The normalized spacial score (nSPS) is 10.9. The Bertz CT molecular complexity index is 1010. The second-order valence-corrected chi connectivity index (χ2v) is 5.58. The molecule has 0 aliphatic heterocycles. The van der Waals surface area contributed by atoms with Gasteiger partial charge < -0.3 is 0 Å². The first-order chi connectivity index (χ1) is 11.7. The van der Waals surface area contributed by atoms with Gasteiger partial charge in [-0.15, -0.1) is 0 Å². The quantitative estimate of drug-likeness (QED) is 0.452. The van der Waals surface area contributed by atoms with Crippen molar-refractivity contribution in [1.29, 1.82) is 0 Å². The van der Waals surface area contributed by atoms with Gasteiger partial charge in [-0.25, -0.2) is 8.78 Å². The first kappa shape index (κ1) is 14.5. The van der Waals surface area contributed by atoms with E-state index in [-0.39, 0.29) is 11.6 Å². The van der Waals surface area contributed by atoms with E-state index in [1.807, 2.05) is 24.3 Å². The Labute approximate surface area is 138 Å². The molecule has 1 heterocycles. The zero-order chi connectivity index (χ0) is 16.5. The summed E-state index contributed by atoms with van der Waals surface area (Å²) < 4.78 is 26.6. The molecule has 0 spiro atoms. The van der Waals surface area contributed by atoms with Crippen molar-refractivity contribution in [2.45, 2.75) is 0 Å². The Morgan fingerprint density at radius 1 is 0.625 bits per heavy atom. The van der Waals surface area contributed by atoms with E-state index in [0.29, 0.717) is 0 Å². The average molecular weight is 317 g/mol. The summed E-state index contributed by atoms with van der Waals surface area (Å²) in [5, 5.41) is 0.978. The molecule has 1 aromatic heterocycles. The molecule has 0 saturated heterocycles. The number of aromatic nitrogens is 1. The van der Waals surface area contributed by atoms with Gasteiger partial charge in [0.1, 0.15) is 11.6 Å². The summed E-state index contributed by atoms with van der Waals surface area (Å²) in [4.78, 5) is 4.52. The van der Waals surface area contributed by atoms with Crippen LogP contribution in [0, 0.1) is 11.6 Å². The lowest BCUT2D eigenvalue weighted by atomic mass is 9.92. The van der Waals surface area contributed by atoms with Crippen molar-refractivity contribution in [2.75, 3.05) is 0 Å². The van der Waals surface area contributed by atoms with E-state index in [1.54, 1.807) is 30.5 Å². The van der Waals surface area contributed by atoms with Crippen LogP contribution in [0.15, 0.2) is 79.0 Å². The molecule has 24 heavy (non-hydrogen) atoms. The highest BCUT2D eigenvalue weighted by Gasteiger charge is 2.13. The van der Waals surface area contributed by atoms with Gasteiger partial charge in [0, 0.05) is 22.7 Å². The lowest BCUT2D eigenvalue weighted by Crippen LogP contribution is -1.91. The van der Waals surface area contributed by atoms with Crippen LogP contribution in [0.3, 0.4) is 0 Å². The van der Waals surface area contributed by atoms with Gasteiger partial charge in [-0.2, -0.15) is 0 Å². The van der Waals surface area contributed by atoms with E-state index < -0.39 is 0 Å². The molecule has 0 bridgehead atoms. The monoisotopic (exact) mass is 317 g/mol. The topological polar surface area (TPSA) is 12.9 Å². The summed E-state index contributed by atoms with van der Waals surface area (Å²) >= 11 is 0. The molecule has 116 valence electrons. The second kappa shape index (κ2) is 5.85. The minimum atomic E-state index is -0.282. The third kappa shape index (κ3) is 2.54. The molecule has 0 aliphatic carbocycles. The zero-order valence-electron chi connectivity index (χ0n) is 12.7. The molecule has 4 aromatic rings. The Hall–Kier alpha value is -3.07. The van der Waals surface area contributed by atoms with Crippen molar-refractivity contribution in [3.05, 3.63) is 90.6 Å². The maximum absolute atomic E-state index is 13.3. The zero-order valence-corrected chi connectivity index (χ0v) is 12.7. The highest BCUT2D eigenvalue weighted by Crippen LogP contribution is 2.37. The van der Waals surface area contributed by atoms with Crippen LogP contribution < -0.4 is 0 Å². The third-order valence-electron chi connectivity index (χ3n) is 4.06. The number of nitrogens with zero attached hydrogens (tertiary/aromatic N) is 1. The van der Waals surface area contributed by atoms with Gasteiger partial charge in [0.15, 0.2) is 0 Å². The standard InChI is InChI=1S/C21H13F2N/c22-16-9-5-14(6-10-16)19-13-24-20-4-2-1-3-18(20)21(19)15-7-11-17(23)12-8-15/h1-13H. The molecule has 0 amide bonds. The van der Waals surface area contributed by atoms with Gasteiger partial charge in [-0.05, 0) is 41.5 Å². The Balaban J connectivity index is 2.04. The number of fused-ring (bicyclic) bond motifs is 1. The fraction of sp³-hybridized carbons (Fsp3) is 0. The van der Waals surface area contributed by atoms with Crippen LogP contribution >= 0.6 is 0 Å². The predicted octanol–water partition coefficient (Wildman–Crippen LogP) is 5.85. The average Bonchev–Trinajstić information content (AvgIpc) is 2.62. The van der Waals surface area contributed by atoms with E-state index in [0.717, 1.165) is 33.2 Å². The maximum Gasteiger partial charge on any atom is 0.123 e. The number of halogens is 2. The van der Waals surface area contributed by atoms with Gasteiger partial charge in [-0.3, -0.25) is 4.98 Å². The summed E-state index contributed by atoms with van der Waals surface area (Å²) in [5.41, 5.74) is 4.48. The number of para-hydroxylation sites is 1. The number of hydrogen-bond donors (Lipinski definition) is 0. The molecule has 1 nitrogen and oxygen atoms in total. The van der Waals surface area contributed by atoms with E-state index in [1.165, 1.54) is 24.3 Å². The summed E-state index contributed by atoms with van der Waals surface area (Å²) in [5.74, 6) is -0.559. The molecule has 0 saturated carbocycles. The lowest BCUT2D eigenvalue weighted by Gasteiger charge is -2.13. The predicted molar refractivity (Wildman–Crippen MR) is 92.5 cm³/mol. The van der Waals surface area contributed by atoms with Crippen LogP contribution in [0.2, 0.25) is 0 Å². The molecular weight excluding hydrogens is 304 g/mol. The largest absolute Gasteiger partial charge is 0.256 e. The van der Waals surface area contributed by atoms with Crippen LogP contribution in [0.5, 0.6) is 0 Å². The summed E-state index contributed by atoms with van der Waals surface area (Å²) in [6, 6.07) is 20.5. The van der Waals surface area contributed by atoms with Gasteiger partial charge in [-0.1, -0.05) is 42.5 Å². The molecule has 3 aromatic carbocycles. The van der Waals surface area contributed by atoms with Crippen LogP contribution in [-0.4, -0.2) is 4.98 Å². The van der Waals surface area contributed by atoms with E-state index in [4.69, 9.17) is 0 Å². The van der Waals surface area contributed by atoms with E-state index in [2.05, 4.69) is 4.98 Å². The smallest absolute Gasteiger partial charge is 0.123 e. The van der Waals surface area contributed by atoms with Crippen LogP contribution in [0.25, 0.3) is 33.2 Å². The van der Waals surface area contributed by atoms with Crippen molar-refractivity contribution in [1.82, 2.24) is 4.98 Å². The number of rotatable bonds is 2. The van der Waals surface area contributed by atoms with E-state index >= 15 is 0 Å². The first-order valence-corrected chi connectivity index (χ1v) is 7.62. The lowest BCUT2D eigenvalue weighted by molar-refractivity contribution is 0.627. The minimum absolute atomic E-state index is 0.277. The molecule has 0 atom stereocenters. The molecule has 4 rings (SSSR count). The first-order valence-electron chi connectivity index (χ1n) is 7.62. The molecular formula is C21H13F2N. The Morgan fingerprint density at radius 3 is 1.88 bits per heavy atom. The minimum Gasteiger partial charge on any atom is -0.256 e. The molecule has 0 aliphatic rings. The highest BCUT2D eigenvalue weighted by atomic mass is 19.1. The SMILES string of the molecule is Fc1ccc(-c2cnc3ccccc3c2-c2ccc(F)cc2)cc1. The van der Waals surface area contributed by atoms with Gasteiger partial charge in [0.05, 0.1) is 5.52 Å². The molecule has 0 radical (unpaired) electrons. The number of benzene rings is 3. The van der Waals surface area contributed by atoms with Crippen molar-refractivity contribution < 1.29 is 8.78 Å². The summed E-state index contributed by atoms with van der Waals surface area (Å²) in [6.07, 6.45) is 1.79. The van der Waals surface area contributed by atoms with Crippen LogP contribution in [-0.2, 0) is 0 Å². The Morgan fingerprint density at radius 2 is 1.21 bits per heavy atom. The fourth-order valence-corrected chi connectivity index (χ4v) is 2.92. The van der Waals surface area contributed by atoms with Gasteiger partial charge in [0.2, 0.25) is 0 Å². The molecule has 0 N–H and O–H groups in total. The van der Waals surface area contributed by atoms with E-state index in [9.17, 15) is 8.78 Å². The number of hydrogen-bond acceptors (Lipinski definition) is 1. The van der Waals surface area contributed by atoms with Crippen molar-refractivity contribution >= 4 is 10.9 Å². The summed E-state index contributed by atoms with van der Waals surface area (Å²) in [6.45, 7) is 0. The van der Waals surface area contributed by atoms with Crippen molar-refractivity contribution in [3.8, 4) is 22.3 Å². The molecule has 0 fully saturated rings. The number of pyridine rings is 1. The van der Waals surface area contributed by atoms with Gasteiger partial charge in [0.25, 0.3) is 0 Å². The molecule has 3 heteroatoms. The highest BCUT2D eigenvalue weighted by molar-refractivity contribution is 6.02. The second-order valence-electron chi connectivity index (χ2n) is 5.58. The summed E-state index contributed by atoms with van der Waals surface area (Å²) in [7, 11) is 0. The Kier molecular flexibility index (Phi) is 3.54. The van der Waals surface area contributed by atoms with Gasteiger partial charge >= 0.3 is 0 Å². The van der Waals surface area contributed by atoms with Crippen LogP contribution in [0.4, 0.5) is 8.78 Å². The van der Waals surface area contributed by atoms with Crippen molar-refractivity contribution in [2.24, 2.45) is 0 Å².